The van der Waals surface area contributed by atoms with E-state index < -0.39 is 0 Å². The SMILES string of the molecule is Cc1ccc([C@@H]2C=C(c3ccccc3)Nc3nc(N4C(=O)[C@@H]5CC=CC[C@H]5C4=O)nn32)cc1. The third-order valence-corrected chi connectivity index (χ3v) is 6.67. The summed E-state index contributed by atoms with van der Waals surface area (Å²) in [5.74, 6) is -0.406. The van der Waals surface area contributed by atoms with Gasteiger partial charge >= 0.3 is 0 Å². The molecule has 2 aliphatic heterocycles. The van der Waals surface area contributed by atoms with Crippen molar-refractivity contribution in [2.75, 3.05) is 10.2 Å². The van der Waals surface area contributed by atoms with E-state index in [0.717, 1.165) is 16.8 Å². The molecule has 3 aromatic rings. The molecule has 0 spiro atoms. The first-order valence-corrected chi connectivity index (χ1v) is 11.2. The summed E-state index contributed by atoms with van der Waals surface area (Å²) < 4.78 is 1.76. The number of nitrogens with one attached hydrogen (secondary N) is 1. The maximum Gasteiger partial charge on any atom is 0.260 e. The topological polar surface area (TPSA) is 80.1 Å². The molecule has 2 amide bonds. The minimum Gasteiger partial charge on any atom is -0.324 e. The number of carbonyl (C=O) groups is 2. The van der Waals surface area contributed by atoms with Crippen LogP contribution in [0.4, 0.5) is 11.9 Å². The predicted octanol–water partition coefficient (Wildman–Crippen LogP) is 4.10. The predicted molar refractivity (Wildman–Crippen MR) is 125 cm³/mol. The zero-order valence-corrected chi connectivity index (χ0v) is 18.2. The first kappa shape index (κ1) is 19.7. The van der Waals surface area contributed by atoms with E-state index in [2.05, 4.69) is 52.7 Å². The van der Waals surface area contributed by atoms with Crippen molar-refractivity contribution in [3.8, 4) is 0 Å². The quantitative estimate of drug-likeness (QED) is 0.493. The Kier molecular flexibility index (Phi) is 4.50. The lowest BCUT2D eigenvalue weighted by molar-refractivity contribution is -0.122. The molecule has 7 heteroatoms. The molecule has 7 nitrogen and oxygen atoms in total. The molecule has 3 aliphatic rings. The first-order chi connectivity index (χ1) is 16.1. The Labute approximate surface area is 191 Å². The summed E-state index contributed by atoms with van der Waals surface area (Å²) >= 11 is 0. The van der Waals surface area contributed by atoms with Crippen molar-refractivity contribution >= 4 is 29.4 Å². The van der Waals surface area contributed by atoms with Crippen molar-refractivity contribution in [2.45, 2.75) is 25.8 Å². The normalized spacial score (nSPS) is 23.7. The summed E-state index contributed by atoms with van der Waals surface area (Å²) in [6, 6.07) is 18.1. The Morgan fingerprint density at radius 3 is 2.24 bits per heavy atom. The molecule has 33 heavy (non-hydrogen) atoms. The lowest BCUT2D eigenvalue weighted by Crippen LogP contribution is -2.32. The summed E-state index contributed by atoms with van der Waals surface area (Å²) in [6.45, 7) is 2.05. The molecular formula is C26H23N5O2. The smallest absolute Gasteiger partial charge is 0.260 e. The summed E-state index contributed by atoms with van der Waals surface area (Å²) in [5, 5.41) is 8.01. The number of benzene rings is 2. The maximum atomic E-state index is 13.1. The molecule has 1 saturated heterocycles. The number of imide groups is 1. The molecule has 3 atom stereocenters. The minimum atomic E-state index is -0.318. The van der Waals surface area contributed by atoms with Crippen molar-refractivity contribution in [3.63, 3.8) is 0 Å². The van der Waals surface area contributed by atoms with Crippen molar-refractivity contribution in [3.05, 3.63) is 89.5 Å². The number of allylic oxidation sites excluding steroid dienone is 3. The number of rotatable bonds is 3. The Morgan fingerprint density at radius 1 is 0.909 bits per heavy atom. The minimum absolute atomic E-state index is 0.140. The molecule has 0 bridgehead atoms. The van der Waals surface area contributed by atoms with Crippen LogP contribution >= 0.6 is 0 Å². The number of amides is 2. The van der Waals surface area contributed by atoms with Crippen LogP contribution in [0.5, 0.6) is 0 Å². The highest BCUT2D eigenvalue weighted by Gasteiger charge is 2.49. The van der Waals surface area contributed by atoms with Crippen LogP contribution in [0.15, 0.2) is 72.8 Å². The monoisotopic (exact) mass is 437 g/mol. The van der Waals surface area contributed by atoms with Crippen molar-refractivity contribution in [1.82, 2.24) is 14.8 Å². The van der Waals surface area contributed by atoms with Gasteiger partial charge in [-0.2, -0.15) is 4.98 Å². The third-order valence-electron chi connectivity index (χ3n) is 6.67. The number of aryl methyl sites for hydroxylation is 1. The van der Waals surface area contributed by atoms with Crippen LogP contribution in [-0.4, -0.2) is 26.6 Å². The van der Waals surface area contributed by atoms with Gasteiger partial charge < -0.3 is 5.32 Å². The number of fused-ring (bicyclic) bond motifs is 2. The highest BCUT2D eigenvalue weighted by atomic mass is 16.2. The first-order valence-electron chi connectivity index (χ1n) is 11.2. The molecule has 6 rings (SSSR count). The van der Waals surface area contributed by atoms with Crippen molar-refractivity contribution in [2.24, 2.45) is 11.8 Å². The Balaban J connectivity index is 1.43. The van der Waals surface area contributed by atoms with Gasteiger partial charge in [-0.05, 0) is 37.0 Å². The fourth-order valence-electron chi connectivity index (χ4n) is 4.86. The molecule has 1 aromatic heterocycles. The highest BCUT2D eigenvalue weighted by Crippen LogP contribution is 2.39. The van der Waals surface area contributed by atoms with E-state index in [-0.39, 0.29) is 35.6 Å². The van der Waals surface area contributed by atoms with Gasteiger partial charge in [0.05, 0.1) is 11.8 Å². The van der Waals surface area contributed by atoms with E-state index in [4.69, 9.17) is 0 Å². The number of hydrogen-bond acceptors (Lipinski definition) is 5. The number of carbonyl (C=O) groups excluding carboxylic acids is 2. The standard InChI is InChI=1S/C26H23N5O2/c1-16-11-13-18(14-12-16)22-15-21(17-7-3-2-4-8-17)27-25-28-26(29-31(22)25)30-23(32)19-9-5-6-10-20(19)24(30)33/h2-8,11-15,19-20,22H,9-10H2,1H3,(H,27,28,29)/t19-,20-,22+/m1/s1. The van der Waals surface area contributed by atoms with Crippen LogP contribution in [-0.2, 0) is 9.59 Å². The molecule has 0 unspecified atom stereocenters. The van der Waals surface area contributed by atoms with Crippen LogP contribution < -0.4 is 10.2 Å². The second kappa shape index (κ2) is 7.55. The summed E-state index contributed by atoms with van der Waals surface area (Å²) in [5.41, 5.74) is 4.15. The van der Waals surface area contributed by atoms with Crippen LogP contribution in [0, 0.1) is 18.8 Å². The summed E-state index contributed by atoms with van der Waals surface area (Å²) in [7, 11) is 0. The number of anilines is 2. The van der Waals surface area contributed by atoms with Gasteiger partial charge in [0.1, 0.15) is 6.04 Å². The van der Waals surface area contributed by atoms with Gasteiger partial charge in [0.25, 0.3) is 5.95 Å². The Morgan fingerprint density at radius 2 is 1.58 bits per heavy atom. The van der Waals surface area contributed by atoms with Crippen LogP contribution in [0.1, 0.15) is 35.6 Å². The molecule has 3 heterocycles. The second-order valence-electron chi connectivity index (χ2n) is 8.77. The molecule has 1 fully saturated rings. The van der Waals surface area contributed by atoms with Gasteiger partial charge in [0.15, 0.2) is 0 Å². The van der Waals surface area contributed by atoms with Gasteiger partial charge in [-0.1, -0.05) is 72.3 Å². The number of hydrogen-bond donors (Lipinski definition) is 1. The molecule has 1 aliphatic carbocycles. The van der Waals surface area contributed by atoms with Gasteiger partial charge in [-0.25, -0.2) is 9.58 Å². The largest absolute Gasteiger partial charge is 0.324 e. The van der Waals surface area contributed by atoms with Crippen LogP contribution in [0.25, 0.3) is 5.70 Å². The van der Waals surface area contributed by atoms with E-state index in [9.17, 15) is 9.59 Å². The van der Waals surface area contributed by atoms with Crippen LogP contribution in [0.2, 0.25) is 0 Å². The molecule has 164 valence electrons. The Bertz CT molecular complexity index is 1280. The zero-order valence-electron chi connectivity index (χ0n) is 18.2. The summed E-state index contributed by atoms with van der Waals surface area (Å²) in [6.07, 6.45) is 7.23. The van der Waals surface area contributed by atoms with Crippen LogP contribution in [0.3, 0.4) is 0 Å². The molecule has 2 aromatic carbocycles. The molecule has 0 radical (unpaired) electrons. The van der Waals surface area contributed by atoms with E-state index in [1.807, 2.05) is 42.5 Å². The summed E-state index contributed by atoms with van der Waals surface area (Å²) in [4.78, 5) is 32.0. The molecular weight excluding hydrogens is 414 g/mol. The van der Waals surface area contributed by atoms with Gasteiger partial charge in [-0.3, -0.25) is 9.59 Å². The van der Waals surface area contributed by atoms with Gasteiger partial charge in [-0.15, -0.1) is 5.10 Å². The Hall–Kier alpha value is -4.00. The van der Waals surface area contributed by atoms with Gasteiger partial charge in [0, 0.05) is 5.70 Å². The fraction of sp³-hybridized carbons (Fsp3) is 0.231. The van der Waals surface area contributed by atoms with E-state index in [1.165, 1.54) is 10.5 Å². The van der Waals surface area contributed by atoms with Crippen molar-refractivity contribution < 1.29 is 9.59 Å². The number of aromatic nitrogens is 3. The lowest BCUT2D eigenvalue weighted by Gasteiger charge is -2.24. The highest BCUT2D eigenvalue weighted by molar-refractivity contribution is 6.21. The maximum absolute atomic E-state index is 13.1. The van der Waals surface area contributed by atoms with E-state index >= 15 is 0 Å². The van der Waals surface area contributed by atoms with E-state index in [1.54, 1.807) is 4.68 Å². The average Bonchev–Trinajstić information content (AvgIpc) is 3.38. The average molecular weight is 438 g/mol. The fourth-order valence-corrected chi connectivity index (χ4v) is 4.86. The second-order valence-corrected chi connectivity index (χ2v) is 8.77. The third kappa shape index (κ3) is 3.19. The molecule has 1 N–H and O–H groups in total. The van der Waals surface area contributed by atoms with Gasteiger partial charge in [0.2, 0.25) is 17.8 Å². The number of nitrogens with zero attached hydrogens (tertiary/aromatic N) is 4. The van der Waals surface area contributed by atoms with Crippen molar-refractivity contribution in [1.29, 1.82) is 0 Å². The van der Waals surface area contributed by atoms with E-state index in [0.29, 0.717) is 18.8 Å². The zero-order chi connectivity index (χ0) is 22.5. The lowest BCUT2D eigenvalue weighted by atomic mass is 9.85. The molecule has 0 saturated carbocycles.